The van der Waals surface area contributed by atoms with Gasteiger partial charge in [-0.15, -0.1) is 0 Å². The standard InChI is InChI=1S/C70H48N6/c1-47-12-28-59(29-13-47)75-67-10-6-4-8-63(67)65-44-61(40-42-69(65)75)73(55-32-16-49(46-71)17-33-55)56-34-22-52(23-35-56)50-18-20-51(21-19-50)53-24-36-57(37-25-53)74(58-38-26-54(72-3)27-39-58)62-41-43-70-66(45-62)64-9-5-7-11-68(64)76(70)60-30-14-48(2)15-31-60/h4-45H,1-2H3. The summed E-state index contributed by atoms with van der Waals surface area (Å²) in [6.07, 6.45) is 0. The highest BCUT2D eigenvalue weighted by atomic mass is 15.1. The van der Waals surface area contributed by atoms with Gasteiger partial charge in [0.05, 0.1) is 40.3 Å². The predicted octanol–water partition coefficient (Wildman–Crippen LogP) is 19.2. The van der Waals surface area contributed by atoms with Crippen molar-refractivity contribution >= 4 is 83.4 Å². The largest absolute Gasteiger partial charge is 0.311 e. The molecule has 2 heterocycles. The van der Waals surface area contributed by atoms with Gasteiger partial charge in [0.2, 0.25) is 0 Å². The summed E-state index contributed by atoms with van der Waals surface area (Å²) in [5.74, 6) is 0. The zero-order valence-corrected chi connectivity index (χ0v) is 41.9. The van der Waals surface area contributed by atoms with Crippen molar-refractivity contribution in [2.24, 2.45) is 0 Å². The van der Waals surface area contributed by atoms with Crippen molar-refractivity contribution in [3.8, 4) is 39.7 Å². The van der Waals surface area contributed by atoms with Crippen LogP contribution in [0.3, 0.4) is 0 Å². The van der Waals surface area contributed by atoms with Gasteiger partial charge in [0.25, 0.3) is 0 Å². The Labute approximate surface area is 441 Å². The number of aryl methyl sites for hydroxylation is 2. The van der Waals surface area contributed by atoms with Gasteiger partial charge >= 0.3 is 0 Å². The van der Waals surface area contributed by atoms with E-state index in [2.05, 4.69) is 250 Å². The smallest absolute Gasteiger partial charge is 0.187 e. The van der Waals surface area contributed by atoms with Crippen molar-refractivity contribution in [1.29, 1.82) is 5.26 Å². The van der Waals surface area contributed by atoms with Crippen LogP contribution in [-0.4, -0.2) is 9.13 Å². The summed E-state index contributed by atoms with van der Waals surface area (Å²) < 4.78 is 4.69. The Bertz CT molecular complexity index is 4090. The molecule has 76 heavy (non-hydrogen) atoms. The van der Waals surface area contributed by atoms with Crippen molar-refractivity contribution in [2.45, 2.75) is 13.8 Å². The number of hydrogen-bond acceptors (Lipinski definition) is 3. The molecule has 358 valence electrons. The van der Waals surface area contributed by atoms with E-state index in [-0.39, 0.29) is 0 Å². The minimum absolute atomic E-state index is 0.605. The summed E-state index contributed by atoms with van der Waals surface area (Å²) >= 11 is 0. The van der Waals surface area contributed by atoms with Crippen LogP contribution < -0.4 is 9.80 Å². The number of nitrogens with zero attached hydrogens (tertiary/aromatic N) is 6. The van der Waals surface area contributed by atoms with Crippen LogP contribution in [0.2, 0.25) is 0 Å². The maximum atomic E-state index is 9.68. The molecule has 0 N–H and O–H groups in total. The van der Waals surface area contributed by atoms with Crippen molar-refractivity contribution in [1.82, 2.24) is 9.13 Å². The van der Waals surface area contributed by atoms with Gasteiger partial charge in [-0.05, 0) is 170 Å². The second-order valence-corrected chi connectivity index (χ2v) is 19.4. The number of benzene rings is 11. The van der Waals surface area contributed by atoms with Gasteiger partial charge < -0.3 is 18.9 Å². The average Bonchev–Trinajstić information content (AvgIpc) is 4.06. The zero-order valence-electron chi connectivity index (χ0n) is 41.9. The molecule has 0 atom stereocenters. The molecule has 6 nitrogen and oxygen atoms in total. The van der Waals surface area contributed by atoms with Crippen LogP contribution in [0, 0.1) is 31.8 Å². The summed E-state index contributed by atoms with van der Waals surface area (Å²) in [6, 6.07) is 92.3. The van der Waals surface area contributed by atoms with E-state index in [0.717, 1.165) is 89.8 Å². The summed E-state index contributed by atoms with van der Waals surface area (Å²) in [5.41, 5.74) is 21.0. The van der Waals surface area contributed by atoms with E-state index >= 15 is 0 Å². The summed E-state index contributed by atoms with van der Waals surface area (Å²) in [6.45, 7) is 11.9. The average molecular weight is 973 g/mol. The van der Waals surface area contributed by atoms with E-state index in [1.54, 1.807) is 0 Å². The third-order valence-corrected chi connectivity index (χ3v) is 14.7. The summed E-state index contributed by atoms with van der Waals surface area (Å²) in [5, 5.41) is 14.4. The lowest BCUT2D eigenvalue weighted by molar-refractivity contribution is 1.17. The van der Waals surface area contributed by atoms with Crippen molar-refractivity contribution in [3.63, 3.8) is 0 Å². The van der Waals surface area contributed by atoms with E-state index in [4.69, 9.17) is 6.57 Å². The summed E-state index contributed by atoms with van der Waals surface area (Å²) in [4.78, 5) is 8.22. The first-order chi connectivity index (χ1) is 37.4. The normalized spacial score (nSPS) is 11.3. The number of anilines is 6. The first kappa shape index (κ1) is 45.5. The highest BCUT2D eigenvalue weighted by Gasteiger charge is 2.20. The number of hydrogen-bond donors (Lipinski definition) is 0. The fourth-order valence-electron chi connectivity index (χ4n) is 10.9. The molecule has 0 fully saturated rings. The predicted molar refractivity (Wildman–Crippen MR) is 316 cm³/mol. The highest BCUT2D eigenvalue weighted by molar-refractivity contribution is 6.12. The van der Waals surface area contributed by atoms with Gasteiger partial charge in [0.1, 0.15) is 0 Å². The molecule has 0 bridgehead atoms. The maximum absolute atomic E-state index is 9.68. The molecule has 0 amide bonds. The second kappa shape index (κ2) is 18.9. The van der Waals surface area contributed by atoms with Crippen LogP contribution in [0.15, 0.2) is 255 Å². The molecule has 13 rings (SSSR count). The maximum Gasteiger partial charge on any atom is 0.187 e. The molecule has 0 unspecified atom stereocenters. The van der Waals surface area contributed by atoms with Gasteiger partial charge in [-0.3, -0.25) is 0 Å². The lowest BCUT2D eigenvalue weighted by atomic mass is 9.99. The molecule has 2 aromatic heterocycles. The van der Waals surface area contributed by atoms with Crippen LogP contribution in [-0.2, 0) is 0 Å². The lowest BCUT2D eigenvalue weighted by Crippen LogP contribution is -2.10. The number of para-hydroxylation sites is 2. The SMILES string of the molecule is [C-]#[N+]c1ccc(N(c2ccc(-c3ccc(-c4ccc(N(c5ccc(C#N)cc5)c5ccc6c(c5)c5ccccc5n6-c5ccc(C)cc5)cc4)cc3)cc2)c2ccc3c(c2)c2ccccc2n3-c2ccc(C)cc2)cc1. The zero-order chi connectivity index (χ0) is 51.3. The molecular formula is C70H48N6. The van der Waals surface area contributed by atoms with Crippen molar-refractivity contribution < 1.29 is 0 Å². The molecular weight excluding hydrogens is 925 g/mol. The lowest BCUT2D eigenvalue weighted by Gasteiger charge is -2.26. The van der Waals surface area contributed by atoms with Crippen LogP contribution >= 0.6 is 0 Å². The number of rotatable bonds is 10. The number of fused-ring (bicyclic) bond motifs is 6. The Balaban J connectivity index is 0.809. The Morgan fingerprint density at radius 2 is 0.684 bits per heavy atom. The Kier molecular flexibility index (Phi) is 11.3. The van der Waals surface area contributed by atoms with Crippen LogP contribution in [0.1, 0.15) is 16.7 Å². The molecule has 0 saturated carbocycles. The first-order valence-electron chi connectivity index (χ1n) is 25.5. The summed E-state index contributed by atoms with van der Waals surface area (Å²) in [7, 11) is 0. The van der Waals surface area contributed by atoms with Crippen LogP contribution in [0.4, 0.5) is 39.8 Å². The molecule has 0 spiro atoms. The van der Waals surface area contributed by atoms with Crippen molar-refractivity contribution in [3.05, 3.63) is 283 Å². The van der Waals surface area contributed by atoms with Crippen molar-refractivity contribution in [2.75, 3.05) is 9.80 Å². The third kappa shape index (κ3) is 8.08. The van der Waals surface area contributed by atoms with Crippen LogP contribution in [0.5, 0.6) is 0 Å². The fourth-order valence-corrected chi connectivity index (χ4v) is 10.9. The molecule has 0 aliphatic rings. The van der Waals surface area contributed by atoms with E-state index < -0.39 is 0 Å². The quantitative estimate of drug-likeness (QED) is 0.128. The van der Waals surface area contributed by atoms with Crippen LogP contribution in [0.25, 0.3) is 82.1 Å². The van der Waals surface area contributed by atoms with Gasteiger partial charge in [-0.25, -0.2) is 4.85 Å². The van der Waals surface area contributed by atoms with Gasteiger partial charge in [-0.1, -0.05) is 132 Å². The monoisotopic (exact) mass is 972 g/mol. The Morgan fingerprint density at radius 3 is 1.07 bits per heavy atom. The molecule has 6 heteroatoms. The molecule has 13 aromatic rings. The molecule has 0 radical (unpaired) electrons. The van der Waals surface area contributed by atoms with E-state index in [0.29, 0.717) is 11.3 Å². The topological polar surface area (TPSA) is 44.5 Å². The van der Waals surface area contributed by atoms with Gasteiger partial charge in [-0.2, -0.15) is 5.26 Å². The molecule has 11 aromatic carbocycles. The minimum Gasteiger partial charge on any atom is -0.311 e. The Morgan fingerprint density at radius 1 is 0.355 bits per heavy atom. The molecule has 0 aliphatic heterocycles. The van der Waals surface area contributed by atoms with E-state index in [9.17, 15) is 5.26 Å². The van der Waals surface area contributed by atoms with Gasteiger partial charge in [0.15, 0.2) is 5.69 Å². The Hall–Kier alpha value is -10.4. The highest BCUT2D eigenvalue weighted by Crippen LogP contribution is 2.43. The molecule has 0 saturated heterocycles. The first-order valence-corrected chi connectivity index (χ1v) is 25.5. The van der Waals surface area contributed by atoms with E-state index in [1.165, 1.54) is 32.7 Å². The van der Waals surface area contributed by atoms with E-state index in [1.807, 2.05) is 48.5 Å². The minimum atomic E-state index is 0.605. The second-order valence-electron chi connectivity index (χ2n) is 19.4. The molecule has 0 aliphatic carbocycles. The number of nitriles is 1. The fraction of sp³-hybridized carbons (Fsp3) is 0.0286. The number of aromatic nitrogens is 2. The third-order valence-electron chi connectivity index (χ3n) is 14.7. The van der Waals surface area contributed by atoms with Gasteiger partial charge in [0, 0.05) is 67.0 Å².